The zero-order valence-electron chi connectivity index (χ0n) is 13.3. The van der Waals surface area contributed by atoms with Gasteiger partial charge in [0, 0.05) is 19.8 Å². The topological polar surface area (TPSA) is 41.6 Å². The molecule has 4 heteroatoms. The summed E-state index contributed by atoms with van der Waals surface area (Å²) in [6.45, 7) is 8.91. The number of hydrogen-bond donors (Lipinski definition) is 1. The van der Waals surface area contributed by atoms with Crippen LogP contribution in [0.1, 0.15) is 59.3 Å². The van der Waals surface area contributed by atoms with Gasteiger partial charge in [0.25, 0.3) is 0 Å². The lowest BCUT2D eigenvalue weighted by Gasteiger charge is -2.27. The van der Waals surface area contributed by atoms with Crippen LogP contribution in [0.3, 0.4) is 0 Å². The Hall–Kier alpha value is -0.610. The van der Waals surface area contributed by atoms with Gasteiger partial charge >= 0.3 is 0 Å². The first-order chi connectivity index (χ1) is 9.60. The molecule has 1 aliphatic carbocycles. The van der Waals surface area contributed by atoms with Gasteiger partial charge in [-0.25, -0.2) is 0 Å². The summed E-state index contributed by atoms with van der Waals surface area (Å²) in [5.41, 5.74) is -0.237. The molecule has 1 N–H and O–H groups in total. The molecular weight excluding hydrogens is 252 g/mol. The Morgan fingerprint density at radius 3 is 2.65 bits per heavy atom. The molecule has 0 aromatic carbocycles. The van der Waals surface area contributed by atoms with Crippen molar-refractivity contribution in [3.8, 4) is 0 Å². The number of rotatable bonds is 7. The highest BCUT2D eigenvalue weighted by Gasteiger charge is 2.52. The molecule has 0 aromatic heterocycles. The van der Waals surface area contributed by atoms with Gasteiger partial charge in [-0.3, -0.25) is 10.1 Å². The Balaban J connectivity index is 1.92. The number of carbonyl (C=O) groups is 1. The first kappa shape index (κ1) is 15.8. The molecule has 1 amide bonds. The largest absolute Gasteiger partial charge is 0.381 e. The fourth-order valence-corrected chi connectivity index (χ4v) is 3.51. The Morgan fingerprint density at radius 2 is 2.05 bits per heavy atom. The molecule has 20 heavy (non-hydrogen) atoms. The predicted octanol–water partition coefficient (Wildman–Crippen LogP) is 2.53. The Kier molecular flexibility index (Phi) is 5.44. The van der Waals surface area contributed by atoms with E-state index in [4.69, 9.17) is 4.74 Å². The minimum absolute atomic E-state index is 0.201. The fraction of sp³-hybridized carbons (Fsp3) is 0.938. The van der Waals surface area contributed by atoms with Gasteiger partial charge in [-0.15, -0.1) is 0 Å². The number of hydrogen-bond acceptors (Lipinski definition) is 3. The molecule has 1 atom stereocenters. The van der Waals surface area contributed by atoms with Crippen LogP contribution >= 0.6 is 0 Å². The van der Waals surface area contributed by atoms with Crippen LogP contribution in [0.25, 0.3) is 0 Å². The van der Waals surface area contributed by atoms with Crippen LogP contribution in [0.4, 0.5) is 0 Å². The molecule has 0 aromatic rings. The Bertz CT molecular complexity index is 324. The summed E-state index contributed by atoms with van der Waals surface area (Å²) in [5, 5.41) is 3.65. The van der Waals surface area contributed by atoms with Crippen molar-refractivity contribution < 1.29 is 9.53 Å². The van der Waals surface area contributed by atoms with Crippen molar-refractivity contribution in [2.24, 2.45) is 5.92 Å². The number of nitrogens with zero attached hydrogens (tertiary/aromatic N) is 1. The van der Waals surface area contributed by atoms with E-state index in [1.807, 2.05) is 0 Å². The van der Waals surface area contributed by atoms with Crippen molar-refractivity contribution in [3.05, 3.63) is 0 Å². The number of amides is 1. The monoisotopic (exact) mass is 282 g/mol. The standard InChI is InChI=1S/C16H30N2O2/c1-4-11-20-12-7-10-18-14(13(2)3)17-16(15(18)19)8-5-6-9-16/h13-14,17H,4-12H2,1-3H3. The van der Waals surface area contributed by atoms with E-state index >= 15 is 0 Å². The van der Waals surface area contributed by atoms with Crippen molar-refractivity contribution in [3.63, 3.8) is 0 Å². The van der Waals surface area contributed by atoms with Gasteiger partial charge in [0.2, 0.25) is 5.91 Å². The summed E-state index contributed by atoms with van der Waals surface area (Å²) in [4.78, 5) is 14.9. The molecule has 1 aliphatic heterocycles. The molecule has 1 heterocycles. The average Bonchev–Trinajstić information content (AvgIpc) is 2.99. The molecule has 116 valence electrons. The zero-order valence-corrected chi connectivity index (χ0v) is 13.3. The predicted molar refractivity (Wildman–Crippen MR) is 80.4 cm³/mol. The maximum atomic E-state index is 12.8. The van der Waals surface area contributed by atoms with Crippen molar-refractivity contribution in [1.82, 2.24) is 10.2 Å². The number of carbonyl (C=O) groups excluding carboxylic acids is 1. The second kappa shape index (κ2) is 6.90. The molecule has 1 saturated heterocycles. The third-order valence-electron chi connectivity index (χ3n) is 4.55. The van der Waals surface area contributed by atoms with Gasteiger partial charge in [0.05, 0.1) is 11.7 Å². The maximum Gasteiger partial charge on any atom is 0.244 e. The van der Waals surface area contributed by atoms with Gasteiger partial charge in [0.15, 0.2) is 0 Å². The zero-order chi connectivity index (χ0) is 14.6. The first-order valence-corrected chi connectivity index (χ1v) is 8.27. The summed E-state index contributed by atoms with van der Waals surface area (Å²) in [6.07, 6.45) is 6.57. The summed E-state index contributed by atoms with van der Waals surface area (Å²) in [5.74, 6) is 0.791. The van der Waals surface area contributed by atoms with Crippen molar-refractivity contribution >= 4 is 5.91 Å². The second-order valence-corrected chi connectivity index (χ2v) is 6.59. The quantitative estimate of drug-likeness (QED) is 0.730. The van der Waals surface area contributed by atoms with Crippen LogP contribution in [0.5, 0.6) is 0 Å². The number of ether oxygens (including phenoxy) is 1. The Morgan fingerprint density at radius 1 is 1.35 bits per heavy atom. The van der Waals surface area contributed by atoms with Gasteiger partial charge < -0.3 is 9.64 Å². The third kappa shape index (κ3) is 3.17. The summed E-state index contributed by atoms with van der Waals surface area (Å²) in [7, 11) is 0. The number of nitrogens with one attached hydrogen (secondary N) is 1. The van der Waals surface area contributed by atoms with Crippen molar-refractivity contribution in [1.29, 1.82) is 0 Å². The van der Waals surface area contributed by atoms with Crippen LogP contribution in [-0.2, 0) is 9.53 Å². The van der Waals surface area contributed by atoms with E-state index in [0.717, 1.165) is 45.4 Å². The van der Waals surface area contributed by atoms with Gasteiger partial charge in [-0.1, -0.05) is 33.6 Å². The van der Waals surface area contributed by atoms with Crippen LogP contribution in [0, 0.1) is 5.92 Å². The van der Waals surface area contributed by atoms with Crippen molar-refractivity contribution in [2.45, 2.75) is 71.0 Å². The third-order valence-corrected chi connectivity index (χ3v) is 4.55. The van der Waals surface area contributed by atoms with Gasteiger partial charge in [-0.2, -0.15) is 0 Å². The average molecular weight is 282 g/mol. The van der Waals surface area contributed by atoms with Crippen LogP contribution in [-0.4, -0.2) is 42.3 Å². The van der Waals surface area contributed by atoms with Crippen molar-refractivity contribution in [2.75, 3.05) is 19.8 Å². The summed E-state index contributed by atoms with van der Waals surface area (Å²) >= 11 is 0. The van der Waals surface area contributed by atoms with Crippen LogP contribution in [0.15, 0.2) is 0 Å². The van der Waals surface area contributed by atoms with E-state index in [2.05, 4.69) is 31.0 Å². The lowest BCUT2D eigenvalue weighted by atomic mass is 9.98. The highest BCUT2D eigenvalue weighted by molar-refractivity contribution is 5.89. The molecule has 2 rings (SSSR count). The second-order valence-electron chi connectivity index (χ2n) is 6.59. The SMILES string of the molecule is CCCOCCCN1C(=O)C2(CCCC2)NC1C(C)C. The molecule has 4 nitrogen and oxygen atoms in total. The molecule has 2 fully saturated rings. The molecule has 1 spiro atoms. The molecule has 1 saturated carbocycles. The van der Waals surface area contributed by atoms with E-state index in [1.165, 1.54) is 12.8 Å². The molecule has 0 radical (unpaired) electrons. The lowest BCUT2D eigenvalue weighted by Crippen LogP contribution is -2.45. The van der Waals surface area contributed by atoms with Gasteiger partial charge in [0.1, 0.15) is 0 Å². The molecule has 0 bridgehead atoms. The van der Waals surface area contributed by atoms with E-state index in [0.29, 0.717) is 11.8 Å². The van der Waals surface area contributed by atoms with Gasteiger partial charge in [-0.05, 0) is 31.6 Å². The van der Waals surface area contributed by atoms with E-state index in [-0.39, 0.29) is 11.7 Å². The maximum absolute atomic E-state index is 12.8. The van der Waals surface area contributed by atoms with E-state index < -0.39 is 0 Å². The minimum Gasteiger partial charge on any atom is -0.381 e. The minimum atomic E-state index is -0.237. The van der Waals surface area contributed by atoms with E-state index in [9.17, 15) is 4.79 Å². The molecule has 1 unspecified atom stereocenters. The first-order valence-electron chi connectivity index (χ1n) is 8.27. The molecule has 2 aliphatic rings. The van der Waals surface area contributed by atoms with Crippen LogP contribution in [0.2, 0.25) is 0 Å². The lowest BCUT2D eigenvalue weighted by molar-refractivity contribution is -0.133. The smallest absolute Gasteiger partial charge is 0.244 e. The highest BCUT2D eigenvalue weighted by atomic mass is 16.5. The van der Waals surface area contributed by atoms with Crippen LogP contribution < -0.4 is 5.32 Å². The Labute approximate surface area is 123 Å². The normalized spacial score (nSPS) is 25.3. The summed E-state index contributed by atoms with van der Waals surface area (Å²) < 4.78 is 5.53. The van der Waals surface area contributed by atoms with E-state index in [1.54, 1.807) is 0 Å². The molecular formula is C16H30N2O2. The fourth-order valence-electron chi connectivity index (χ4n) is 3.51. The highest BCUT2D eigenvalue weighted by Crippen LogP contribution is 2.37. The summed E-state index contributed by atoms with van der Waals surface area (Å²) in [6, 6.07) is 0.